The Bertz CT molecular complexity index is 531. The van der Waals surface area contributed by atoms with Gasteiger partial charge < -0.3 is 5.32 Å². The van der Waals surface area contributed by atoms with Crippen molar-refractivity contribution < 1.29 is 4.39 Å². The molecule has 2 aromatic rings. The molecule has 0 aliphatic rings. The van der Waals surface area contributed by atoms with Gasteiger partial charge in [0.25, 0.3) is 0 Å². The Morgan fingerprint density at radius 3 is 2.22 bits per heavy atom. The lowest BCUT2D eigenvalue weighted by Crippen LogP contribution is -2.08. The topological polar surface area (TPSA) is 12.0 Å². The van der Waals surface area contributed by atoms with Crippen molar-refractivity contribution >= 4 is 5.69 Å². The minimum absolute atomic E-state index is 0.0851. The molecule has 1 N–H and O–H groups in total. The summed E-state index contributed by atoms with van der Waals surface area (Å²) in [4.78, 5) is 0. The Morgan fingerprint density at radius 2 is 1.56 bits per heavy atom. The number of anilines is 1. The number of aryl methyl sites for hydroxylation is 2. The van der Waals surface area contributed by atoms with E-state index in [2.05, 4.69) is 36.5 Å². The van der Waals surface area contributed by atoms with E-state index < -0.39 is 0 Å². The molecule has 2 aromatic carbocycles. The van der Waals surface area contributed by atoms with Gasteiger partial charge >= 0.3 is 0 Å². The number of hydrogen-bond acceptors (Lipinski definition) is 1. The number of rotatable bonds is 3. The molecule has 0 aliphatic heterocycles. The van der Waals surface area contributed by atoms with Crippen LogP contribution >= 0.6 is 0 Å². The van der Waals surface area contributed by atoms with Gasteiger partial charge in [-0.2, -0.15) is 0 Å². The highest BCUT2D eigenvalue weighted by molar-refractivity contribution is 5.49. The van der Waals surface area contributed by atoms with Crippen LogP contribution in [-0.2, 0) is 0 Å². The van der Waals surface area contributed by atoms with Crippen LogP contribution in [-0.4, -0.2) is 0 Å². The van der Waals surface area contributed by atoms with Crippen LogP contribution in [0.3, 0.4) is 0 Å². The Balaban J connectivity index is 2.18. The van der Waals surface area contributed by atoms with Gasteiger partial charge in [0.2, 0.25) is 0 Å². The lowest BCUT2D eigenvalue weighted by atomic mass is 10.1. The van der Waals surface area contributed by atoms with Gasteiger partial charge in [0.15, 0.2) is 0 Å². The van der Waals surface area contributed by atoms with Crippen LogP contribution in [0.5, 0.6) is 0 Å². The number of nitrogens with one attached hydrogen (secondary N) is 1. The number of hydrogen-bond donors (Lipinski definition) is 1. The summed E-state index contributed by atoms with van der Waals surface area (Å²) < 4.78 is 13.6. The second kappa shape index (κ2) is 5.21. The van der Waals surface area contributed by atoms with Gasteiger partial charge in [0.05, 0.1) is 5.69 Å². The molecule has 0 heterocycles. The summed E-state index contributed by atoms with van der Waals surface area (Å²) in [6.45, 7) is 6.05. The van der Waals surface area contributed by atoms with Crippen molar-refractivity contribution in [1.82, 2.24) is 0 Å². The molecular weight excluding hydrogens is 225 g/mol. The Kier molecular flexibility index (Phi) is 3.66. The molecule has 18 heavy (non-hydrogen) atoms. The minimum atomic E-state index is -0.209. The van der Waals surface area contributed by atoms with Crippen LogP contribution < -0.4 is 5.32 Å². The lowest BCUT2D eigenvalue weighted by Gasteiger charge is -2.17. The molecule has 0 spiro atoms. The summed E-state index contributed by atoms with van der Waals surface area (Å²) in [6, 6.07) is 13.5. The predicted octanol–water partition coefficient (Wildman–Crippen LogP) is 4.62. The van der Waals surface area contributed by atoms with Crippen molar-refractivity contribution in [2.24, 2.45) is 0 Å². The average molecular weight is 243 g/mol. The first-order valence-corrected chi connectivity index (χ1v) is 6.15. The Labute approximate surface area is 108 Å². The molecule has 1 atom stereocenters. The quantitative estimate of drug-likeness (QED) is 0.829. The highest BCUT2D eigenvalue weighted by Gasteiger charge is 2.08. The highest BCUT2D eigenvalue weighted by Crippen LogP contribution is 2.22. The molecule has 0 bridgehead atoms. The fraction of sp³-hybridized carbons (Fsp3) is 0.250. The molecule has 94 valence electrons. The molecule has 0 fully saturated rings. The van der Waals surface area contributed by atoms with Crippen molar-refractivity contribution in [2.75, 3.05) is 5.32 Å². The Hall–Kier alpha value is -1.83. The van der Waals surface area contributed by atoms with Crippen molar-refractivity contribution in [2.45, 2.75) is 26.8 Å². The molecule has 0 radical (unpaired) electrons. The van der Waals surface area contributed by atoms with Crippen LogP contribution in [0.2, 0.25) is 0 Å². The molecule has 1 nitrogen and oxygen atoms in total. The van der Waals surface area contributed by atoms with Crippen LogP contribution in [0.25, 0.3) is 0 Å². The summed E-state index contributed by atoms with van der Waals surface area (Å²) in [7, 11) is 0. The summed E-state index contributed by atoms with van der Waals surface area (Å²) in [5, 5.41) is 3.21. The van der Waals surface area contributed by atoms with Crippen molar-refractivity contribution in [3.8, 4) is 0 Å². The van der Waals surface area contributed by atoms with Gasteiger partial charge in [-0.1, -0.05) is 35.9 Å². The van der Waals surface area contributed by atoms with Gasteiger partial charge in [-0.3, -0.25) is 0 Å². The zero-order valence-electron chi connectivity index (χ0n) is 11.0. The fourth-order valence-electron chi connectivity index (χ4n) is 1.92. The first-order chi connectivity index (χ1) is 8.56. The van der Waals surface area contributed by atoms with E-state index in [4.69, 9.17) is 0 Å². The van der Waals surface area contributed by atoms with Crippen molar-refractivity contribution in [3.05, 3.63) is 65.0 Å². The second-order valence-electron chi connectivity index (χ2n) is 4.76. The predicted molar refractivity (Wildman–Crippen MR) is 74.4 cm³/mol. The van der Waals surface area contributed by atoms with Gasteiger partial charge in [0.1, 0.15) is 5.82 Å². The van der Waals surface area contributed by atoms with E-state index in [1.807, 2.05) is 19.9 Å². The average Bonchev–Trinajstić information content (AvgIpc) is 2.34. The lowest BCUT2D eigenvalue weighted by molar-refractivity contribution is 0.627. The summed E-state index contributed by atoms with van der Waals surface area (Å²) in [5.41, 5.74) is 3.99. The van der Waals surface area contributed by atoms with Gasteiger partial charge in [-0.05, 0) is 44.0 Å². The second-order valence-corrected chi connectivity index (χ2v) is 4.76. The fourth-order valence-corrected chi connectivity index (χ4v) is 1.92. The third kappa shape index (κ3) is 2.89. The van der Waals surface area contributed by atoms with Crippen molar-refractivity contribution in [3.63, 3.8) is 0 Å². The van der Waals surface area contributed by atoms with E-state index >= 15 is 0 Å². The summed E-state index contributed by atoms with van der Waals surface area (Å²) in [5.74, 6) is -0.209. The maximum atomic E-state index is 13.6. The molecule has 0 amide bonds. The first kappa shape index (κ1) is 12.6. The van der Waals surface area contributed by atoms with Crippen LogP contribution in [0.4, 0.5) is 10.1 Å². The Morgan fingerprint density at radius 1 is 0.944 bits per heavy atom. The molecule has 0 aliphatic carbocycles. The molecule has 0 saturated carbocycles. The zero-order chi connectivity index (χ0) is 13.1. The number of halogens is 1. The van der Waals surface area contributed by atoms with Crippen LogP contribution in [0.1, 0.15) is 29.7 Å². The minimum Gasteiger partial charge on any atom is -0.376 e. The molecule has 0 aromatic heterocycles. The zero-order valence-corrected chi connectivity index (χ0v) is 11.0. The maximum Gasteiger partial charge on any atom is 0.146 e. The van der Waals surface area contributed by atoms with E-state index in [9.17, 15) is 4.39 Å². The van der Waals surface area contributed by atoms with E-state index in [0.717, 1.165) is 11.1 Å². The molecule has 0 unspecified atom stereocenters. The normalized spacial score (nSPS) is 12.2. The van der Waals surface area contributed by atoms with Crippen LogP contribution in [0.15, 0.2) is 42.5 Å². The monoisotopic (exact) mass is 243 g/mol. The van der Waals surface area contributed by atoms with E-state index in [1.165, 1.54) is 11.6 Å². The summed E-state index contributed by atoms with van der Waals surface area (Å²) >= 11 is 0. The largest absolute Gasteiger partial charge is 0.376 e. The molecule has 0 saturated heterocycles. The molecule has 2 rings (SSSR count). The van der Waals surface area contributed by atoms with E-state index in [0.29, 0.717) is 5.69 Å². The number of benzene rings is 2. The SMILES string of the molecule is Cc1ccc([C@H](C)Nc2cc(C)ccc2F)cc1. The van der Waals surface area contributed by atoms with Crippen molar-refractivity contribution in [1.29, 1.82) is 0 Å². The third-order valence-electron chi connectivity index (χ3n) is 3.07. The van der Waals surface area contributed by atoms with Gasteiger partial charge in [-0.15, -0.1) is 0 Å². The van der Waals surface area contributed by atoms with E-state index in [1.54, 1.807) is 6.07 Å². The van der Waals surface area contributed by atoms with Gasteiger partial charge in [0, 0.05) is 6.04 Å². The maximum absolute atomic E-state index is 13.6. The summed E-state index contributed by atoms with van der Waals surface area (Å²) in [6.07, 6.45) is 0. The standard InChI is InChI=1S/C16H18FN/c1-11-4-7-14(8-5-11)13(3)18-16-10-12(2)6-9-15(16)17/h4-10,13,18H,1-3H3/t13-/m0/s1. The first-order valence-electron chi connectivity index (χ1n) is 6.15. The third-order valence-corrected chi connectivity index (χ3v) is 3.07. The highest BCUT2D eigenvalue weighted by atomic mass is 19.1. The molecule has 2 heteroatoms. The van der Waals surface area contributed by atoms with Crippen LogP contribution in [0, 0.1) is 19.7 Å². The van der Waals surface area contributed by atoms with E-state index in [-0.39, 0.29) is 11.9 Å². The smallest absolute Gasteiger partial charge is 0.146 e. The van der Waals surface area contributed by atoms with Gasteiger partial charge in [-0.25, -0.2) is 4.39 Å². The molecular formula is C16H18FN.